The van der Waals surface area contributed by atoms with Crippen LogP contribution in [0.2, 0.25) is 0 Å². The van der Waals surface area contributed by atoms with Crippen LogP contribution in [0.15, 0.2) is 0 Å². The van der Waals surface area contributed by atoms with Crippen molar-refractivity contribution in [3.63, 3.8) is 0 Å². The Morgan fingerprint density at radius 2 is 1.75 bits per heavy atom. The van der Waals surface area contributed by atoms with E-state index in [9.17, 15) is 9.59 Å². The van der Waals surface area contributed by atoms with Crippen LogP contribution in [0.25, 0.3) is 0 Å². The van der Waals surface area contributed by atoms with Gasteiger partial charge in [0.2, 0.25) is 0 Å². The molecule has 0 aliphatic rings. The van der Waals surface area contributed by atoms with E-state index in [1.165, 1.54) is 0 Å². The van der Waals surface area contributed by atoms with Crippen molar-refractivity contribution in [2.45, 2.75) is 26.4 Å². The molecule has 0 unspecified atom stereocenters. The number of amides is 2. The predicted molar refractivity (Wildman–Crippen MR) is 44.8 cm³/mol. The summed E-state index contributed by atoms with van der Waals surface area (Å²) in [6, 6.07) is 0. The number of ether oxygens (including phenoxy) is 1. The molecule has 1 N–H and O–H groups in total. The van der Waals surface area contributed by atoms with Crippen LogP contribution in [0.4, 0.5) is 9.59 Å². The maximum atomic E-state index is 10.8. The van der Waals surface area contributed by atoms with Gasteiger partial charge >= 0.3 is 12.2 Å². The van der Waals surface area contributed by atoms with E-state index in [-0.39, 0.29) is 0 Å². The Morgan fingerprint density at radius 1 is 1.25 bits per heavy atom. The lowest BCUT2D eigenvalue weighted by atomic mass is 10.2. The van der Waals surface area contributed by atoms with Crippen molar-refractivity contribution >= 4 is 28.4 Å². The summed E-state index contributed by atoms with van der Waals surface area (Å²) in [6.07, 6.45) is -1.75. The zero-order chi connectivity index (χ0) is 9.78. The molecule has 6 heteroatoms. The second-order valence-corrected chi connectivity index (χ2v) is 3.32. The lowest BCUT2D eigenvalue weighted by molar-refractivity contribution is 0.0537. The Kier molecular flexibility index (Phi) is 4.02. The van der Waals surface area contributed by atoms with E-state index in [2.05, 4.69) is 20.1 Å². The van der Waals surface area contributed by atoms with E-state index in [0.29, 0.717) is 0 Å². The molecule has 0 aromatic rings. The van der Waals surface area contributed by atoms with Gasteiger partial charge in [-0.2, -0.15) is 0 Å². The van der Waals surface area contributed by atoms with Gasteiger partial charge in [0, 0.05) is 0 Å². The Bertz CT molecular complexity index is 186. The summed E-state index contributed by atoms with van der Waals surface area (Å²) < 4.78 is 8.74. The fourth-order valence-corrected chi connectivity index (χ4v) is 0.487. The number of hydrogen-bond acceptors (Lipinski definition) is 4. The first-order valence-electron chi connectivity index (χ1n) is 3.17. The van der Waals surface area contributed by atoms with Crippen LogP contribution in [-0.2, 0) is 8.57 Å². The van der Waals surface area contributed by atoms with Gasteiger partial charge in [0.15, 0.2) is 16.3 Å². The molecule has 0 aromatic carbocycles. The fraction of sp³-hybridized carbons (Fsp3) is 0.667. The first-order valence-corrected chi connectivity index (χ1v) is 3.82. The van der Waals surface area contributed by atoms with Gasteiger partial charge in [0.25, 0.3) is 0 Å². The minimum Gasteiger partial charge on any atom is -0.443 e. The highest BCUT2D eigenvalue weighted by atomic mass is 79.9. The lowest BCUT2D eigenvalue weighted by Crippen LogP contribution is -2.35. The van der Waals surface area contributed by atoms with Crippen LogP contribution in [0.5, 0.6) is 0 Å². The molecule has 0 atom stereocenters. The van der Waals surface area contributed by atoms with E-state index in [1.807, 2.05) is 5.32 Å². The van der Waals surface area contributed by atoms with Crippen LogP contribution >= 0.6 is 16.3 Å². The van der Waals surface area contributed by atoms with Gasteiger partial charge < -0.3 is 8.57 Å². The van der Waals surface area contributed by atoms with Crippen LogP contribution in [0, 0.1) is 0 Å². The molecule has 0 spiro atoms. The van der Waals surface area contributed by atoms with E-state index in [0.717, 1.165) is 0 Å². The normalized spacial score (nSPS) is 10.3. The fourth-order valence-electron chi connectivity index (χ4n) is 0.406. The number of carbonyl (C=O) groups is 2. The smallest absolute Gasteiger partial charge is 0.428 e. The van der Waals surface area contributed by atoms with Crippen molar-refractivity contribution in [2.24, 2.45) is 0 Å². The Balaban J connectivity index is 3.83. The van der Waals surface area contributed by atoms with Crippen LogP contribution in [-0.4, -0.2) is 17.8 Å². The van der Waals surface area contributed by atoms with E-state index in [1.54, 1.807) is 20.8 Å². The monoisotopic (exact) mass is 239 g/mol. The highest BCUT2D eigenvalue weighted by Crippen LogP contribution is 2.06. The molecule has 12 heavy (non-hydrogen) atoms. The summed E-state index contributed by atoms with van der Waals surface area (Å²) in [5.41, 5.74) is -0.628. The van der Waals surface area contributed by atoms with E-state index in [4.69, 9.17) is 4.74 Å². The summed E-state index contributed by atoms with van der Waals surface area (Å²) >= 11 is 2.40. The van der Waals surface area contributed by atoms with Crippen molar-refractivity contribution < 1.29 is 18.2 Å². The average molecular weight is 240 g/mol. The van der Waals surface area contributed by atoms with Gasteiger partial charge in [-0.15, -0.1) is 0 Å². The highest BCUT2D eigenvalue weighted by molar-refractivity contribution is 9.06. The van der Waals surface area contributed by atoms with Crippen molar-refractivity contribution in [2.75, 3.05) is 0 Å². The minimum atomic E-state index is -0.913. The molecule has 0 fully saturated rings. The maximum absolute atomic E-state index is 10.8. The first-order chi connectivity index (χ1) is 5.35. The number of hydrogen-bond donors (Lipinski definition) is 1. The van der Waals surface area contributed by atoms with Gasteiger partial charge in [-0.1, -0.05) is 0 Å². The molecule has 0 radical (unpaired) electrons. The molecule has 0 saturated heterocycles. The Hall–Kier alpha value is -0.780. The molecule has 2 amide bonds. The summed E-state index contributed by atoms with van der Waals surface area (Å²) in [5.74, 6) is 0. The third-order valence-corrected chi connectivity index (χ3v) is 0.967. The minimum absolute atomic E-state index is 0.628. The van der Waals surface area contributed by atoms with Crippen molar-refractivity contribution in [3.05, 3.63) is 0 Å². The molecule has 0 aromatic heterocycles. The van der Waals surface area contributed by atoms with Crippen LogP contribution < -0.4 is 5.32 Å². The van der Waals surface area contributed by atoms with Crippen LogP contribution in [0.1, 0.15) is 20.8 Å². The molecule has 0 aliphatic heterocycles. The average Bonchev–Trinajstić information content (AvgIpc) is 1.82. The Morgan fingerprint density at radius 3 is 2.08 bits per heavy atom. The molecular formula is C6H10BrNO4. The second-order valence-electron chi connectivity index (χ2n) is 2.99. The maximum Gasteiger partial charge on any atom is 0.428 e. The van der Waals surface area contributed by atoms with Crippen molar-refractivity contribution in [1.29, 1.82) is 0 Å². The van der Waals surface area contributed by atoms with Gasteiger partial charge in [-0.25, -0.2) is 14.9 Å². The van der Waals surface area contributed by atoms with Crippen molar-refractivity contribution in [3.8, 4) is 0 Å². The number of halogens is 1. The molecule has 0 rings (SSSR count). The summed E-state index contributed by atoms with van der Waals surface area (Å²) in [7, 11) is 0. The van der Waals surface area contributed by atoms with Gasteiger partial charge in [0.05, 0.1) is 0 Å². The standard InChI is InChI=1S/C6H10BrNO4/c1-6(2,3)11-4(9)8-5(10)12-7/h1-3H3,(H,8,9,10). The summed E-state index contributed by atoms with van der Waals surface area (Å²) in [5, 5.41) is 1.82. The SMILES string of the molecule is CC(C)(C)OC(=O)NC(=O)OBr. The number of nitrogens with one attached hydrogen (secondary N) is 1. The quantitative estimate of drug-likeness (QED) is 0.702. The molecule has 0 aliphatic carbocycles. The zero-order valence-corrected chi connectivity index (χ0v) is 8.60. The third kappa shape index (κ3) is 5.96. The third-order valence-electron chi connectivity index (χ3n) is 0.673. The van der Waals surface area contributed by atoms with E-state index < -0.39 is 17.8 Å². The van der Waals surface area contributed by atoms with Crippen LogP contribution in [0.3, 0.4) is 0 Å². The highest BCUT2D eigenvalue weighted by Gasteiger charge is 2.18. The van der Waals surface area contributed by atoms with E-state index >= 15 is 0 Å². The topological polar surface area (TPSA) is 64.6 Å². The number of alkyl carbamates (subject to hydrolysis) is 1. The number of carbonyl (C=O) groups excluding carboxylic acids is 2. The van der Waals surface area contributed by atoms with Gasteiger partial charge in [-0.3, -0.25) is 0 Å². The zero-order valence-electron chi connectivity index (χ0n) is 7.01. The predicted octanol–water partition coefficient (Wildman–Crippen LogP) is 1.96. The largest absolute Gasteiger partial charge is 0.443 e. The van der Waals surface area contributed by atoms with Gasteiger partial charge in [0.1, 0.15) is 5.60 Å². The number of imide groups is 1. The molecule has 0 saturated carbocycles. The van der Waals surface area contributed by atoms with Gasteiger partial charge in [-0.05, 0) is 20.8 Å². The summed E-state index contributed by atoms with van der Waals surface area (Å²) in [6.45, 7) is 5.06. The first kappa shape index (κ1) is 11.2. The molecular weight excluding hydrogens is 230 g/mol. The lowest BCUT2D eigenvalue weighted by Gasteiger charge is -2.18. The second kappa shape index (κ2) is 4.30. The summed E-state index contributed by atoms with van der Waals surface area (Å²) in [4.78, 5) is 21.2. The molecule has 0 bridgehead atoms. The van der Waals surface area contributed by atoms with Crippen molar-refractivity contribution in [1.82, 2.24) is 5.32 Å². The molecule has 0 heterocycles. The Labute approximate surface area is 78.9 Å². The number of rotatable bonds is 0. The molecule has 5 nitrogen and oxygen atoms in total. The molecule has 70 valence electrons.